The molecule has 0 bridgehead atoms. The first kappa shape index (κ1) is 19.4. The lowest BCUT2D eigenvalue weighted by molar-refractivity contribution is 0.246. The first-order valence-electron chi connectivity index (χ1n) is 10.1. The fourth-order valence-electron chi connectivity index (χ4n) is 3.69. The topological polar surface area (TPSA) is 57.2 Å². The minimum absolute atomic E-state index is 0.429. The Morgan fingerprint density at radius 3 is 2.60 bits per heavy atom. The highest BCUT2D eigenvalue weighted by Gasteiger charge is 2.27. The van der Waals surface area contributed by atoms with E-state index in [1.165, 1.54) is 12.1 Å². The summed E-state index contributed by atoms with van der Waals surface area (Å²) in [5, 5.41) is 3.95. The summed E-state index contributed by atoms with van der Waals surface area (Å²) in [5.41, 5.74) is 1.81. The van der Waals surface area contributed by atoms with Crippen LogP contribution in [0.2, 0.25) is 5.02 Å². The van der Waals surface area contributed by atoms with Crippen molar-refractivity contribution >= 4 is 34.3 Å². The van der Waals surface area contributed by atoms with Crippen LogP contribution in [0, 0.1) is 11.6 Å². The van der Waals surface area contributed by atoms with Crippen molar-refractivity contribution in [2.24, 2.45) is 0 Å². The molecule has 6 nitrogen and oxygen atoms in total. The Balaban J connectivity index is 1.34. The molecule has 9 heteroatoms. The van der Waals surface area contributed by atoms with Gasteiger partial charge >= 0.3 is 0 Å². The number of pyridine rings is 1. The standard InChI is InChI=1S/C21H21ClF2N6/c22-16-10-25-11-18-19(16)28-20(26-15-3-4-15)21(27-18)30-7-5-29(6-8-30)12-13-1-2-14(23)9-17(13)24/h1-2,9-11,15H,3-8,12H2,(H,26,28). The fraction of sp³-hybridized carbons (Fsp3) is 0.381. The predicted molar refractivity (Wildman–Crippen MR) is 113 cm³/mol. The van der Waals surface area contributed by atoms with Crippen molar-refractivity contribution in [3.05, 3.63) is 52.8 Å². The molecule has 2 fully saturated rings. The number of benzene rings is 1. The quantitative estimate of drug-likeness (QED) is 0.663. The average Bonchev–Trinajstić information content (AvgIpc) is 3.55. The molecular formula is C21H21ClF2N6. The highest BCUT2D eigenvalue weighted by molar-refractivity contribution is 6.34. The van der Waals surface area contributed by atoms with Crippen LogP contribution in [0.3, 0.4) is 0 Å². The van der Waals surface area contributed by atoms with Crippen LogP contribution in [-0.2, 0) is 6.54 Å². The molecule has 1 aliphatic heterocycles. The number of hydrogen-bond acceptors (Lipinski definition) is 6. The van der Waals surface area contributed by atoms with Crippen molar-refractivity contribution < 1.29 is 8.78 Å². The normalized spacial score (nSPS) is 17.5. The van der Waals surface area contributed by atoms with Crippen LogP contribution in [0.1, 0.15) is 18.4 Å². The lowest BCUT2D eigenvalue weighted by atomic mass is 10.1. The second-order valence-electron chi connectivity index (χ2n) is 7.80. The third kappa shape index (κ3) is 4.02. The molecule has 156 valence electrons. The number of rotatable bonds is 5. The molecule has 30 heavy (non-hydrogen) atoms. The number of hydrogen-bond donors (Lipinski definition) is 1. The van der Waals surface area contributed by atoms with E-state index in [2.05, 4.69) is 20.1 Å². The van der Waals surface area contributed by atoms with E-state index in [0.717, 1.165) is 56.7 Å². The van der Waals surface area contributed by atoms with Crippen LogP contribution >= 0.6 is 11.6 Å². The summed E-state index contributed by atoms with van der Waals surface area (Å²) in [6, 6.07) is 4.18. The number of aromatic nitrogens is 3. The summed E-state index contributed by atoms with van der Waals surface area (Å²) in [5.74, 6) is 0.488. The Bertz CT molecular complexity index is 1080. The van der Waals surface area contributed by atoms with Gasteiger partial charge in [-0.3, -0.25) is 9.88 Å². The van der Waals surface area contributed by atoms with Crippen LogP contribution in [0.4, 0.5) is 20.4 Å². The maximum atomic E-state index is 14.0. The van der Waals surface area contributed by atoms with Crippen molar-refractivity contribution in [1.29, 1.82) is 0 Å². The van der Waals surface area contributed by atoms with Crippen LogP contribution in [0.15, 0.2) is 30.6 Å². The van der Waals surface area contributed by atoms with E-state index in [-0.39, 0.29) is 0 Å². The maximum absolute atomic E-state index is 14.0. The lowest BCUT2D eigenvalue weighted by Gasteiger charge is -2.36. The number of piperazine rings is 1. The lowest BCUT2D eigenvalue weighted by Crippen LogP contribution is -2.46. The number of fused-ring (bicyclic) bond motifs is 1. The van der Waals surface area contributed by atoms with E-state index in [0.29, 0.717) is 34.2 Å². The molecule has 1 aromatic carbocycles. The van der Waals surface area contributed by atoms with Crippen molar-refractivity contribution in [3.8, 4) is 0 Å². The number of halogens is 3. The van der Waals surface area contributed by atoms with Gasteiger partial charge < -0.3 is 10.2 Å². The number of nitrogens with zero attached hydrogens (tertiary/aromatic N) is 5. The predicted octanol–water partition coefficient (Wildman–Crippen LogP) is 3.85. The average molecular weight is 431 g/mol. The molecule has 3 heterocycles. The molecule has 0 atom stereocenters. The Kier molecular flexibility index (Phi) is 5.12. The molecule has 2 aliphatic rings. The summed E-state index contributed by atoms with van der Waals surface area (Å²) in [4.78, 5) is 18.0. The molecule has 2 aromatic heterocycles. The van der Waals surface area contributed by atoms with E-state index < -0.39 is 11.6 Å². The monoisotopic (exact) mass is 430 g/mol. The zero-order valence-corrected chi connectivity index (χ0v) is 17.0. The number of nitrogens with one attached hydrogen (secondary N) is 1. The van der Waals surface area contributed by atoms with Gasteiger partial charge in [0.25, 0.3) is 0 Å². The minimum atomic E-state index is -0.554. The minimum Gasteiger partial charge on any atom is -0.364 e. The Labute approximate surface area is 177 Å². The Morgan fingerprint density at radius 2 is 1.87 bits per heavy atom. The summed E-state index contributed by atoms with van der Waals surface area (Å²) >= 11 is 6.27. The molecule has 0 radical (unpaired) electrons. The van der Waals surface area contributed by atoms with Crippen LogP contribution in [0.5, 0.6) is 0 Å². The smallest absolute Gasteiger partial charge is 0.172 e. The maximum Gasteiger partial charge on any atom is 0.172 e. The highest BCUT2D eigenvalue weighted by atomic mass is 35.5. The molecule has 0 amide bonds. The molecule has 1 saturated carbocycles. The van der Waals surface area contributed by atoms with Gasteiger partial charge in [0.1, 0.15) is 22.7 Å². The second-order valence-corrected chi connectivity index (χ2v) is 8.21. The van der Waals surface area contributed by atoms with Gasteiger partial charge in [0, 0.05) is 56.6 Å². The van der Waals surface area contributed by atoms with Gasteiger partial charge in [-0.15, -0.1) is 0 Å². The van der Waals surface area contributed by atoms with Gasteiger partial charge in [0.05, 0.1) is 11.2 Å². The van der Waals surface area contributed by atoms with Crippen molar-refractivity contribution in [2.45, 2.75) is 25.4 Å². The van der Waals surface area contributed by atoms with Crippen LogP contribution < -0.4 is 10.2 Å². The number of anilines is 2. The van der Waals surface area contributed by atoms with Gasteiger partial charge in [-0.2, -0.15) is 0 Å². The summed E-state index contributed by atoms with van der Waals surface area (Å²) < 4.78 is 27.1. The summed E-state index contributed by atoms with van der Waals surface area (Å²) in [6.45, 7) is 3.41. The van der Waals surface area contributed by atoms with Gasteiger partial charge in [-0.05, 0) is 18.9 Å². The van der Waals surface area contributed by atoms with Gasteiger partial charge in [0.2, 0.25) is 0 Å². The molecule has 0 spiro atoms. The van der Waals surface area contributed by atoms with Crippen molar-refractivity contribution in [1.82, 2.24) is 19.9 Å². The fourth-order valence-corrected chi connectivity index (χ4v) is 3.88. The van der Waals surface area contributed by atoms with Crippen molar-refractivity contribution in [3.63, 3.8) is 0 Å². The Morgan fingerprint density at radius 1 is 1.07 bits per heavy atom. The zero-order chi connectivity index (χ0) is 20.7. The largest absolute Gasteiger partial charge is 0.364 e. The first-order valence-corrected chi connectivity index (χ1v) is 10.4. The van der Waals surface area contributed by atoms with Gasteiger partial charge in [-0.25, -0.2) is 18.7 Å². The molecule has 3 aromatic rings. The summed E-state index contributed by atoms with van der Waals surface area (Å²) in [6.07, 6.45) is 5.50. The molecular weight excluding hydrogens is 410 g/mol. The first-order chi connectivity index (χ1) is 14.6. The SMILES string of the molecule is Fc1ccc(CN2CCN(c3nc4cncc(Cl)c4nc3NC3CC3)CC2)c(F)c1. The van der Waals surface area contributed by atoms with E-state index in [1.807, 2.05) is 0 Å². The van der Waals surface area contributed by atoms with Crippen LogP contribution in [-0.4, -0.2) is 52.1 Å². The summed E-state index contributed by atoms with van der Waals surface area (Å²) in [7, 11) is 0. The molecule has 1 saturated heterocycles. The van der Waals surface area contributed by atoms with Crippen molar-refractivity contribution in [2.75, 3.05) is 36.4 Å². The zero-order valence-electron chi connectivity index (χ0n) is 16.3. The van der Waals surface area contributed by atoms with Gasteiger partial charge in [0.15, 0.2) is 11.6 Å². The third-order valence-electron chi connectivity index (χ3n) is 5.51. The van der Waals surface area contributed by atoms with Gasteiger partial charge in [-0.1, -0.05) is 17.7 Å². The highest BCUT2D eigenvalue weighted by Crippen LogP contribution is 2.32. The molecule has 5 rings (SSSR count). The molecule has 1 N–H and O–H groups in total. The van der Waals surface area contributed by atoms with E-state index in [1.54, 1.807) is 12.4 Å². The molecule has 1 aliphatic carbocycles. The van der Waals surface area contributed by atoms with E-state index in [4.69, 9.17) is 21.6 Å². The Hall–Kier alpha value is -2.58. The molecule has 0 unspecified atom stereocenters. The van der Waals surface area contributed by atoms with E-state index >= 15 is 0 Å². The third-order valence-corrected chi connectivity index (χ3v) is 5.79. The second kappa shape index (κ2) is 7.92. The van der Waals surface area contributed by atoms with Crippen LogP contribution in [0.25, 0.3) is 11.0 Å². The van der Waals surface area contributed by atoms with E-state index in [9.17, 15) is 8.78 Å².